The monoisotopic (exact) mass is 454 g/mol. The number of nitrogens with one attached hydrogen (secondary N) is 1. The molecule has 1 atom stereocenters. The summed E-state index contributed by atoms with van der Waals surface area (Å²) in [6.07, 6.45) is 5.65. The Balaban J connectivity index is 1.64. The SMILES string of the molecule is Cc1oc2cc(O/C(=C/C=[NH2+])c3[nH]cc(C(=O)N4CC[C@H]4C)c3C)ccc2c1/C(N)=N/OF. The number of ether oxygens (including phenoxy) is 1. The van der Waals surface area contributed by atoms with E-state index in [-0.39, 0.29) is 17.8 Å². The summed E-state index contributed by atoms with van der Waals surface area (Å²) in [7, 11) is 0. The molecule has 2 aromatic heterocycles. The van der Waals surface area contributed by atoms with E-state index < -0.39 is 0 Å². The van der Waals surface area contributed by atoms with E-state index in [0.717, 1.165) is 18.5 Å². The average molecular weight is 454 g/mol. The second kappa shape index (κ2) is 8.81. The molecule has 1 fully saturated rings. The minimum atomic E-state index is -0.142. The van der Waals surface area contributed by atoms with E-state index in [4.69, 9.17) is 20.3 Å². The van der Waals surface area contributed by atoms with Gasteiger partial charge in [0.1, 0.15) is 17.1 Å². The predicted octanol–water partition coefficient (Wildman–Crippen LogP) is 2.38. The Morgan fingerprint density at radius 1 is 1.42 bits per heavy atom. The molecule has 5 N–H and O–H groups in total. The molecular formula is C23H25FN5O4+. The van der Waals surface area contributed by atoms with Crippen LogP contribution in [0.4, 0.5) is 4.53 Å². The first-order valence-corrected chi connectivity index (χ1v) is 10.4. The average Bonchev–Trinajstić information content (AvgIpc) is 3.31. The van der Waals surface area contributed by atoms with E-state index in [1.54, 1.807) is 37.4 Å². The van der Waals surface area contributed by atoms with Gasteiger partial charge in [-0.25, -0.2) is 0 Å². The van der Waals surface area contributed by atoms with Crippen molar-refractivity contribution in [2.75, 3.05) is 6.54 Å². The number of rotatable bonds is 7. The van der Waals surface area contributed by atoms with Gasteiger partial charge >= 0.3 is 0 Å². The number of nitrogens with two attached hydrogens (primary N) is 2. The molecule has 172 valence electrons. The lowest BCUT2D eigenvalue weighted by Gasteiger charge is -2.38. The van der Waals surface area contributed by atoms with E-state index in [9.17, 15) is 9.32 Å². The number of nitrogens with zero attached hydrogens (tertiary/aromatic N) is 2. The highest BCUT2D eigenvalue weighted by atomic mass is 19.3. The third kappa shape index (κ3) is 3.95. The van der Waals surface area contributed by atoms with Gasteiger partial charge < -0.3 is 24.8 Å². The van der Waals surface area contributed by atoms with Gasteiger partial charge in [0.25, 0.3) is 5.91 Å². The first kappa shape index (κ1) is 22.1. The van der Waals surface area contributed by atoms with Crippen LogP contribution in [0.2, 0.25) is 0 Å². The Morgan fingerprint density at radius 3 is 2.85 bits per heavy atom. The molecule has 33 heavy (non-hydrogen) atoms. The van der Waals surface area contributed by atoms with Gasteiger partial charge in [-0.3, -0.25) is 10.2 Å². The number of likely N-dealkylation sites (tertiary alicyclic amines) is 1. The quantitative estimate of drug-likeness (QED) is 0.218. The van der Waals surface area contributed by atoms with Gasteiger partial charge in [0.2, 0.25) is 0 Å². The van der Waals surface area contributed by atoms with Gasteiger partial charge in [0, 0.05) is 40.8 Å². The van der Waals surface area contributed by atoms with Gasteiger partial charge in [0.15, 0.2) is 17.8 Å². The predicted molar refractivity (Wildman–Crippen MR) is 121 cm³/mol. The highest BCUT2D eigenvalue weighted by Gasteiger charge is 2.31. The molecule has 10 heteroatoms. The Bertz CT molecular complexity index is 1290. The molecule has 0 unspecified atom stereocenters. The second-order valence-electron chi connectivity index (χ2n) is 7.90. The Morgan fingerprint density at radius 2 is 2.21 bits per heavy atom. The number of benzene rings is 1. The van der Waals surface area contributed by atoms with Crippen LogP contribution in [0, 0.1) is 13.8 Å². The van der Waals surface area contributed by atoms with Crippen molar-refractivity contribution in [1.29, 1.82) is 0 Å². The van der Waals surface area contributed by atoms with Crippen LogP contribution in [0.3, 0.4) is 0 Å². The normalized spacial score (nSPS) is 16.6. The lowest BCUT2D eigenvalue weighted by Crippen LogP contribution is -2.49. The number of oxime groups is 1. The lowest BCUT2D eigenvalue weighted by atomic mass is 10.0. The largest absolute Gasteiger partial charge is 0.460 e. The van der Waals surface area contributed by atoms with Crippen molar-refractivity contribution in [1.82, 2.24) is 9.88 Å². The fraction of sp³-hybridized carbons (Fsp3) is 0.261. The molecule has 3 heterocycles. The van der Waals surface area contributed by atoms with Crippen LogP contribution in [0.25, 0.3) is 16.7 Å². The summed E-state index contributed by atoms with van der Waals surface area (Å²) >= 11 is 0. The van der Waals surface area contributed by atoms with Gasteiger partial charge in [-0.1, -0.05) is 0 Å². The maximum Gasteiger partial charge on any atom is 0.255 e. The molecule has 1 aliphatic rings. The summed E-state index contributed by atoms with van der Waals surface area (Å²) in [6.45, 7) is 6.33. The van der Waals surface area contributed by atoms with Crippen LogP contribution in [0.1, 0.15) is 46.3 Å². The van der Waals surface area contributed by atoms with Crippen molar-refractivity contribution in [2.45, 2.75) is 33.2 Å². The number of aromatic nitrogens is 1. The van der Waals surface area contributed by atoms with Crippen LogP contribution in [0.5, 0.6) is 5.75 Å². The summed E-state index contributed by atoms with van der Waals surface area (Å²) in [5.41, 5.74) is 8.67. The smallest absolute Gasteiger partial charge is 0.255 e. The fourth-order valence-electron chi connectivity index (χ4n) is 3.99. The molecule has 1 aromatic carbocycles. The van der Waals surface area contributed by atoms with Crippen molar-refractivity contribution >= 4 is 34.7 Å². The Hall–Kier alpha value is -4.08. The zero-order valence-corrected chi connectivity index (χ0v) is 18.5. The minimum Gasteiger partial charge on any atom is -0.460 e. The maximum atomic E-state index is 12.8. The van der Waals surface area contributed by atoms with Gasteiger partial charge in [-0.15, -0.1) is 0 Å². The maximum absolute atomic E-state index is 12.8. The van der Waals surface area contributed by atoms with E-state index >= 15 is 0 Å². The van der Waals surface area contributed by atoms with Crippen LogP contribution >= 0.6 is 0 Å². The number of amidine groups is 1. The summed E-state index contributed by atoms with van der Waals surface area (Å²) < 4.78 is 23.9. The third-order valence-corrected chi connectivity index (χ3v) is 5.90. The van der Waals surface area contributed by atoms with E-state index in [2.05, 4.69) is 15.2 Å². The zero-order valence-electron chi connectivity index (χ0n) is 18.5. The van der Waals surface area contributed by atoms with Gasteiger partial charge in [-0.05, 0) is 50.0 Å². The van der Waals surface area contributed by atoms with Crippen molar-refractivity contribution in [3.8, 4) is 5.75 Å². The molecule has 0 aliphatic carbocycles. The minimum absolute atomic E-state index is 0.0126. The molecule has 1 aliphatic heterocycles. The van der Waals surface area contributed by atoms with Crippen molar-refractivity contribution in [2.24, 2.45) is 10.9 Å². The van der Waals surface area contributed by atoms with Crippen LogP contribution in [0.15, 0.2) is 40.0 Å². The summed E-state index contributed by atoms with van der Waals surface area (Å²) in [5, 5.41) is 12.7. The number of carbonyl (C=O) groups is 1. The number of amides is 1. The molecule has 0 bridgehead atoms. The first-order valence-electron chi connectivity index (χ1n) is 10.4. The highest BCUT2D eigenvalue weighted by molar-refractivity contribution is 6.09. The molecule has 0 saturated carbocycles. The lowest BCUT2D eigenvalue weighted by molar-refractivity contribution is -0.131. The molecule has 4 rings (SSSR count). The molecule has 0 spiro atoms. The second-order valence-corrected chi connectivity index (χ2v) is 7.90. The Labute approximate surface area is 189 Å². The Kier molecular flexibility index (Phi) is 5.91. The van der Waals surface area contributed by atoms with Crippen LogP contribution in [-0.4, -0.2) is 40.4 Å². The van der Waals surface area contributed by atoms with Gasteiger partial charge in [-0.2, -0.15) is 5.04 Å². The number of allylic oxidation sites excluding steroid dienone is 1. The number of hydrogen-bond acceptors (Lipinski definition) is 5. The molecular weight excluding hydrogens is 429 g/mol. The number of hydrogen-bond donors (Lipinski definition) is 3. The van der Waals surface area contributed by atoms with Crippen molar-refractivity contribution in [3.63, 3.8) is 0 Å². The molecule has 9 nitrogen and oxygen atoms in total. The number of aryl methyl sites for hydroxylation is 1. The topological polar surface area (TPSA) is 132 Å². The number of fused-ring (bicyclic) bond motifs is 1. The highest BCUT2D eigenvalue weighted by Crippen LogP contribution is 2.32. The van der Waals surface area contributed by atoms with E-state index in [1.807, 2.05) is 18.7 Å². The summed E-state index contributed by atoms with van der Waals surface area (Å²) in [5.74, 6) is 1.19. The molecule has 3 aromatic rings. The first-order chi connectivity index (χ1) is 15.8. The summed E-state index contributed by atoms with van der Waals surface area (Å²) in [4.78, 5) is 17.8. The van der Waals surface area contributed by atoms with E-state index in [0.29, 0.717) is 45.1 Å². The number of halogens is 1. The number of furan rings is 1. The number of carbonyl (C=O) groups excluding carboxylic acids is 1. The molecule has 1 saturated heterocycles. The van der Waals surface area contributed by atoms with Gasteiger partial charge in [0.05, 0.1) is 16.8 Å². The summed E-state index contributed by atoms with van der Waals surface area (Å²) in [6, 6.07) is 5.35. The van der Waals surface area contributed by atoms with Crippen molar-refractivity contribution in [3.05, 3.63) is 58.6 Å². The molecule has 1 amide bonds. The zero-order chi connectivity index (χ0) is 23.7. The number of aromatic amines is 1. The third-order valence-electron chi connectivity index (χ3n) is 5.90. The van der Waals surface area contributed by atoms with Crippen LogP contribution < -0.4 is 15.9 Å². The number of H-pyrrole nitrogens is 1. The standard InChI is InChI=1S/C23H24FN5O4/c1-12-7-9-29(12)23(30)17-11-27-21(13(17)2)18(6-8-25)32-15-4-5-16-19(10-15)31-14(3)20(16)22(26)28-33-24/h4-6,8,10-12,25,27H,7,9H2,1-3H3,(H2,26,28)/p+1/b18-6+,25-8?/t12-/m1/s1. The fourth-order valence-corrected chi connectivity index (χ4v) is 3.99. The molecule has 0 radical (unpaired) electrons. The van der Waals surface area contributed by atoms with E-state index in [1.165, 1.54) is 6.21 Å². The van der Waals surface area contributed by atoms with Crippen LogP contribution in [-0.2, 0) is 5.04 Å². The van der Waals surface area contributed by atoms with Crippen molar-refractivity contribution < 1.29 is 28.9 Å².